The quantitative estimate of drug-likeness (QED) is 0.838. The summed E-state index contributed by atoms with van der Waals surface area (Å²) in [4.78, 5) is 8.84. The van der Waals surface area contributed by atoms with Gasteiger partial charge in [0, 0.05) is 23.9 Å². The fraction of sp³-hybridized carbons (Fsp3) is 0.714. The van der Waals surface area contributed by atoms with E-state index in [4.69, 9.17) is 0 Å². The topological polar surface area (TPSA) is 49.8 Å². The summed E-state index contributed by atoms with van der Waals surface area (Å²) < 4.78 is 0. The molecule has 1 atom stereocenters. The Morgan fingerprint density at radius 3 is 2.84 bits per heavy atom. The summed E-state index contributed by atoms with van der Waals surface area (Å²) in [5.74, 6) is 4.50. The van der Waals surface area contributed by atoms with Gasteiger partial charge in [-0.1, -0.05) is 13.3 Å². The lowest BCUT2D eigenvalue weighted by Gasteiger charge is -2.24. The summed E-state index contributed by atoms with van der Waals surface area (Å²) in [5.41, 5.74) is 1.24. The molecular weight excluding hydrogens is 256 g/mol. The van der Waals surface area contributed by atoms with Crippen molar-refractivity contribution in [1.82, 2.24) is 9.97 Å². The molecular formula is C14H24N4S. The number of aromatic nitrogens is 2. The number of anilines is 2. The smallest absolute Gasteiger partial charge is 0.134 e. The maximum Gasteiger partial charge on any atom is 0.134 e. The predicted molar refractivity (Wildman–Crippen MR) is 84.2 cm³/mol. The normalized spacial score (nSPS) is 19.2. The van der Waals surface area contributed by atoms with Crippen LogP contribution in [0.5, 0.6) is 0 Å². The SMILES string of the molecule is CCCc1c(NCC)ncnc1NC1CCCSC1. The van der Waals surface area contributed by atoms with Crippen molar-refractivity contribution >= 4 is 23.4 Å². The van der Waals surface area contributed by atoms with Gasteiger partial charge in [0.15, 0.2) is 0 Å². The van der Waals surface area contributed by atoms with Gasteiger partial charge in [-0.2, -0.15) is 11.8 Å². The Balaban J connectivity index is 2.14. The second-order valence-electron chi connectivity index (χ2n) is 4.89. The molecule has 0 saturated carbocycles. The number of hydrogen-bond donors (Lipinski definition) is 2. The molecule has 19 heavy (non-hydrogen) atoms. The highest BCUT2D eigenvalue weighted by Crippen LogP contribution is 2.25. The molecule has 1 aromatic heterocycles. The first kappa shape index (κ1) is 14.4. The second kappa shape index (κ2) is 7.58. The molecule has 106 valence electrons. The van der Waals surface area contributed by atoms with Gasteiger partial charge in [-0.25, -0.2) is 9.97 Å². The van der Waals surface area contributed by atoms with Crippen LogP contribution in [0.2, 0.25) is 0 Å². The van der Waals surface area contributed by atoms with Crippen LogP contribution in [0.4, 0.5) is 11.6 Å². The molecule has 5 heteroatoms. The van der Waals surface area contributed by atoms with Gasteiger partial charge in [-0.3, -0.25) is 0 Å². The number of rotatable bonds is 6. The van der Waals surface area contributed by atoms with E-state index in [0.717, 1.165) is 31.0 Å². The zero-order valence-electron chi connectivity index (χ0n) is 11.9. The third-order valence-electron chi connectivity index (χ3n) is 3.29. The molecule has 2 rings (SSSR count). The van der Waals surface area contributed by atoms with E-state index in [-0.39, 0.29) is 0 Å². The lowest BCUT2D eigenvalue weighted by atomic mass is 10.1. The Labute approximate surface area is 120 Å². The van der Waals surface area contributed by atoms with E-state index in [1.165, 1.54) is 29.9 Å². The number of thioether (sulfide) groups is 1. The van der Waals surface area contributed by atoms with E-state index in [9.17, 15) is 0 Å². The van der Waals surface area contributed by atoms with E-state index >= 15 is 0 Å². The lowest BCUT2D eigenvalue weighted by molar-refractivity contribution is 0.680. The van der Waals surface area contributed by atoms with Gasteiger partial charge >= 0.3 is 0 Å². The molecule has 1 aliphatic rings. The molecule has 2 heterocycles. The molecule has 1 saturated heterocycles. The Bertz CT molecular complexity index is 391. The number of nitrogens with one attached hydrogen (secondary N) is 2. The molecule has 1 unspecified atom stereocenters. The van der Waals surface area contributed by atoms with Crippen molar-refractivity contribution in [3.05, 3.63) is 11.9 Å². The monoisotopic (exact) mass is 280 g/mol. The first-order valence-corrected chi connectivity index (χ1v) is 8.42. The predicted octanol–water partition coefficient (Wildman–Crippen LogP) is 3.17. The molecule has 0 spiro atoms. The van der Waals surface area contributed by atoms with Crippen LogP contribution in [0, 0.1) is 0 Å². The highest BCUT2D eigenvalue weighted by Gasteiger charge is 2.17. The average Bonchev–Trinajstić information content (AvgIpc) is 2.44. The third kappa shape index (κ3) is 4.00. The van der Waals surface area contributed by atoms with Crippen LogP contribution in [0.3, 0.4) is 0 Å². The van der Waals surface area contributed by atoms with Crippen molar-refractivity contribution in [3.8, 4) is 0 Å². The molecule has 1 aliphatic heterocycles. The van der Waals surface area contributed by atoms with E-state index in [1.54, 1.807) is 6.33 Å². The van der Waals surface area contributed by atoms with Crippen molar-refractivity contribution in [3.63, 3.8) is 0 Å². The van der Waals surface area contributed by atoms with Crippen molar-refractivity contribution in [2.45, 2.75) is 45.6 Å². The van der Waals surface area contributed by atoms with Gasteiger partial charge in [0.2, 0.25) is 0 Å². The molecule has 2 N–H and O–H groups in total. The first-order valence-electron chi connectivity index (χ1n) is 7.27. The van der Waals surface area contributed by atoms with Gasteiger partial charge in [0.25, 0.3) is 0 Å². The van der Waals surface area contributed by atoms with Gasteiger partial charge in [0.1, 0.15) is 18.0 Å². The fourth-order valence-corrected chi connectivity index (χ4v) is 3.46. The Morgan fingerprint density at radius 1 is 1.32 bits per heavy atom. The van der Waals surface area contributed by atoms with Gasteiger partial charge in [0.05, 0.1) is 0 Å². The van der Waals surface area contributed by atoms with Crippen LogP contribution in [0.15, 0.2) is 6.33 Å². The highest BCUT2D eigenvalue weighted by molar-refractivity contribution is 7.99. The van der Waals surface area contributed by atoms with E-state index in [2.05, 4.69) is 34.4 Å². The Kier molecular flexibility index (Phi) is 5.76. The van der Waals surface area contributed by atoms with Crippen molar-refractivity contribution in [1.29, 1.82) is 0 Å². The summed E-state index contributed by atoms with van der Waals surface area (Å²) in [6.07, 6.45) is 6.34. The summed E-state index contributed by atoms with van der Waals surface area (Å²) in [7, 11) is 0. The standard InChI is InChI=1S/C14H24N4S/c1-3-6-12-13(15-4-2)16-10-17-14(12)18-11-7-5-8-19-9-11/h10-11H,3-9H2,1-2H3,(H2,15,16,17,18). The third-order valence-corrected chi connectivity index (χ3v) is 4.51. The number of hydrogen-bond acceptors (Lipinski definition) is 5. The minimum Gasteiger partial charge on any atom is -0.370 e. The minimum absolute atomic E-state index is 0.554. The summed E-state index contributed by atoms with van der Waals surface area (Å²) in [6.45, 7) is 5.19. The summed E-state index contributed by atoms with van der Waals surface area (Å²) in [5, 5.41) is 6.96. The first-order chi connectivity index (χ1) is 9.35. The van der Waals surface area contributed by atoms with Crippen LogP contribution >= 0.6 is 11.8 Å². The maximum atomic E-state index is 4.46. The molecule has 1 fully saturated rings. The van der Waals surface area contributed by atoms with Crippen LogP contribution < -0.4 is 10.6 Å². The van der Waals surface area contributed by atoms with Crippen LogP contribution in [-0.2, 0) is 6.42 Å². The molecule has 0 aliphatic carbocycles. The minimum atomic E-state index is 0.554. The van der Waals surface area contributed by atoms with Crippen LogP contribution in [-0.4, -0.2) is 34.1 Å². The Hall–Kier alpha value is -0.970. The van der Waals surface area contributed by atoms with E-state index < -0.39 is 0 Å². The molecule has 1 aromatic rings. The van der Waals surface area contributed by atoms with Gasteiger partial charge in [-0.15, -0.1) is 0 Å². The Morgan fingerprint density at radius 2 is 2.16 bits per heavy atom. The van der Waals surface area contributed by atoms with Crippen molar-refractivity contribution < 1.29 is 0 Å². The summed E-state index contributed by atoms with van der Waals surface area (Å²) in [6, 6.07) is 0.554. The van der Waals surface area contributed by atoms with Crippen LogP contribution in [0.25, 0.3) is 0 Å². The van der Waals surface area contributed by atoms with Gasteiger partial charge in [-0.05, 0) is 31.9 Å². The molecule has 0 aromatic carbocycles. The fourth-order valence-electron chi connectivity index (χ4n) is 2.39. The zero-order valence-corrected chi connectivity index (χ0v) is 12.7. The van der Waals surface area contributed by atoms with E-state index in [1.807, 2.05) is 11.8 Å². The second-order valence-corrected chi connectivity index (χ2v) is 6.04. The molecule has 0 radical (unpaired) electrons. The van der Waals surface area contributed by atoms with Crippen molar-refractivity contribution in [2.24, 2.45) is 0 Å². The summed E-state index contributed by atoms with van der Waals surface area (Å²) >= 11 is 2.03. The average molecular weight is 280 g/mol. The largest absolute Gasteiger partial charge is 0.370 e. The molecule has 4 nitrogen and oxygen atoms in total. The van der Waals surface area contributed by atoms with Crippen molar-refractivity contribution in [2.75, 3.05) is 28.7 Å². The molecule has 0 amide bonds. The zero-order chi connectivity index (χ0) is 13.5. The lowest BCUT2D eigenvalue weighted by Crippen LogP contribution is -2.27. The molecule has 0 bridgehead atoms. The van der Waals surface area contributed by atoms with Gasteiger partial charge < -0.3 is 10.6 Å². The van der Waals surface area contributed by atoms with E-state index in [0.29, 0.717) is 6.04 Å². The number of nitrogens with zero attached hydrogens (tertiary/aromatic N) is 2. The van der Waals surface area contributed by atoms with Crippen LogP contribution in [0.1, 0.15) is 38.7 Å². The highest BCUT2D eigenvalue weighted by atomic mass is 32.2. The maximum absolute atomic E-state index is 4.46.